The van der Waals surface area contributed by atoms with Crippen LogP contribution >= 0.6 is 0 Å². The summed E-state index contributed by atoms with van der Waals surface area (Å²) in [6.45, 7) is 8.81. The maximum absolute atomic E-state index is 10.5. The minimum atomic E-state index is -0.651. The van der Waals surface area contributed by atoms with Gasteiger partial charge >= 0.3 is 0 Å². The fourth-order valence-corrected chi connectivity index (χ4v) is 7.17. The quantitative estimate of drug-likeness (QED) is 0.363. The van der Waals surface area contributed by atoms with Crippen molar-refractivity contribution in [1.29, 1.82) is 0 Å². The third-order valence-corrected chi connectivity index (χ3v) is 8.90. The molecular weight excluding hydrogens is 412 g/mol. The van der Waals surface area contributed by atoms with E-state index in [4.69, 9.17) is 5.11 Å². The van der Waals surface area contributed by atoms with E-state index >= 15 is 0 Å². The average Bonchev–Trinajstić information content (AvgIpc) is 3.08. The van der Waals surface area contributed by atoms with Crippen molar-refractivity contribution < 1.29 is 20.4 Å². The van der Waals surface area contributed by atoms with E-state index in [1.165, 1.54) is 32.1 Å². The summed E-state index contributed by atoms with van der Waals surface area (Å²) in [5.74, 6) is 2.08. The Bertz CT molecular complexity index is 727. The van der Waals surface area contributed by atoms with E-state index < -0.39 is 17.8 Å². The van der Waals surface area contributed by atoms with Crippen LogP contribution in [0.15, 0.2) is 34.9 Å². The molecule has 4 heteroatoms. The summed E-state index contributed by atoms with van der Waals surface area (Å²) >= 11 is 0. The molecular formula is C29H48O4. The van der Waals surface area contributed by atoms with Crippen molar-refractivity contribution in [3.05, 3.63) is 34.9 Å². The van der Waals surface area contributed by atoms with Gasteiger partial charge in [-0.1, -0.05) is 56.1 Å². The molecule has 33 heavy (non-hydrogen) atoms. The Morgan fingerprint density at radius 3 is 2.45 bits per heavy atom. The van der Waals surface area contributed by atoms with Gasteiger partial charge in [0.15, 0.2) is 0 Å². The molecule has 6 atom stereocenters. The molecule has 0 aliphatic heterocycles. The van der Waals surface area contributed by atoms with Crippen molar-refractivity contribution in [3.63, 3.8) is 0 Å². The predicted octanol–water partition coefficient (Wildman–Crippen LogP) is 5.46. The Morgan fingerprint density at radius 1 is 1.12 bits per heavy atom. The Hall–Kier alpha value is -0.940. The minimum Gasteiger partial charge on any atom is -0.396 e. The molecule has 0 aromatic carbocycles. The third kappa shape index (κ3) is 6.60. The lowest BCUT2D eigenvalue weighted by Crippen LogP contribution is -2.36. The summed E-state index contributed by atoms with van der Waals surface area (Å²) in [5, 5.41) is 40.1. The van der Waals surface area contributed by atoms with E-state index in [2.05, 4.69) is 26.0 Å². The molecule has 3 aliphatic rings. The summed E-state index contributed by atoms with van der Waals surface area (Å²) in [4.78, 5) is 0. The SMILES string of the molecule is CC(CCCC(C)(C)O)C1CCC2/C(=C/C=C3C[C@@H](O)C(=CCCO)[C@H](O)C3)CCC[C@@]21C. The zero-order valence-corrected chi connectivity index (χ0v) is 21.4. The molecule has 0 saturated heterocycles. The van der Waals surface area contributed by atoms with Gasteiger partial charge < -0.3 is 20.4 Å². The van der Waals surface area contributed by atoms with Gasteiger partial charge in [0, 0.05) is 6.61 Å². The molecule has 188 valence electrons. The van der Waals surface area contributed by atoms with Crippen molar-refractivity contribution >= 4 is 0 Å². The second kappa shape index (κ2) is 11.2. The van der Waals surface area contributed by atoms with Crippen LogP contribution in [-0.2, 0) is 0 Å². The van der Waals surface area contributed by atoms with E-state index in [1.807, 2.05) is 13.8 Å². The number of rotatable bonds is 8. The molecule has 4 N–H and O–H groups in total. The summed E-state index contributed by atoms with van der Waals surface area (Å²) in [7, 11) is 0. The highest BCUT2D eigenvalue weighted by atomic mass is 16.3. The van der Waals surface area contributed by atoms with Gasteiger partial charge in [-0.2, -0.15) is 0 Å². The fourth-order valence-electron chi connectivity index (χ4n) is 7.17. The van der Waals surface area contributed by atoms with E-state index in [0.717, 1.165) is 30.8 Å². The molecule has 0 heterocycles. The van der Waals surface area contributed by atoms with E-state index in [1.54, 1.807) is 11.6 Å². The van der Waals surface area contributed by atoms with Crippen LogP contribution in [0.1, 0.15) is 98.3 Å². The first-order valence-corrected chi connectivity index (χ1v) is 13.3. The highest BCUT2D eigenvalue weighted by molar-refractivity contribution is 5.30. The summed E-state index contributed by atoms with van der Waals surface area (Å²) in [5.41, 5.74) is 3.14. The van der Waals surface area contributed by atoms with Gasteiger partial charge in [0.05, 0.1) is 17.8 Å². The van der Waals surface area contributed by atoms with Crippen LogP contribution in [-0.4, -0.2) is 44.8 Å². The normalized spacial score (nSPS) is 35.0. The first kappa shape index (κ1) is 26.7. The average molecular weight is 461 g/mol. The van der Waals surface area contributed by atoms with Crippen molar-refractivity contribution in [2.24, 2.45) is 23.2 Å². The third-order valence-electron chi connectivity index (χ3n) is 8.90. The monoisotopic (exact) mass is 460 g/mol. The van der Waals surface area contributed by atoms with Gasteiger partial charge in [-0.3, -0.25) is 0 Å². The molecule has 0 radical (unpaired) electrons. The molecule has 3 unspecified atom stereocenters. The predicted molar refractivity (Wildman–Crippen MR) is 135 cm³/mol. The summed E-state index contributed by atoms with van der Waals surface area (Å²) in [6.07, 6.45) is 16.1. The smallest absolute Gasteiger partial charge is 0.0812 e. The molecule has 3 aliphatic carbocycles. The molecule has 0 spiro atoms. The van der Waals surface area contributed by atoms with Crippen LogP contribution in [0, 0.1) is 23.2 Å². The molecule has 0 aromatic heterocycles. The van der Waals surface area contributed by atoms with Gasteiger partial charge in [0.1, 0.15) is 0 Å². The van der Waals surface area contributed by atoms with Gasteiger partial charge in [0.25, 0.3) is 0 Å². The molecule has 3 rings (SSSR count). The second-order valence-corrected chi connectivity index (χ2v) is 12.0. The first-order chi connectivity index (χ1) is 15.5. The van der Waals surface area contributed by atoms with Gasteiger partial charge in [-0.25, -0.2) is 0 Å². The molecule has 4 nitrogen and oxygen atoms in total. The van der Waals surface area contributed by atoms with Gasteiger partial charge in [-0.05, 0) is 100 Å². The van der Waals surface area contributed by atoms with Crippen LogP contribution < -0.4 is 0 Å². The number of fused-ring (bicyclic) bond motifs is 1. The number of allylic oxidation sites excluding steroid dienone is 3. The highest BCUT2D eigenvalue weighted by Crippen LogP contribution is 2.60. The largest absolute Gasteiger partial charge is 0.396 e. The lowest BCUT2D eigenvalue weighted by Gasteiger charge is -2.44. The van der Waals surface area contributed by atoms with Crippen LogP contribution in [0.5, 0.6) is 0 Å². The maximum atomic E-state index is 10.5. The zero-order chi connectivity index (χ0) is 24.2. The van der Waals surface area contributed by atoms with Crippen LogP contribution in [0.4, 0.5) is 0 Å². The molecule has 3 saturated carbocycles. The summed E-state index contributed by atoms with van der Waals surface area (Å²) < 4.78 is 0. The minimum absolute atomic E-state index is 0.0386. The molecule has 0 bridgehead atoms. The Morgan fingerprint density at radius 2 is 1.82 bits per heavy atom. The Balaban J connectivity index is 1.66. The Labute approximate surface area is 201 Å². The zero-order valence-electron chi connectivity index (χ0n) is 21.4. The van der Waals surface area contributed by atoms with Crippen molar-refractivity contribution in [2.45, 2.75) is 116 Å². The highest BCUT2D eigenvalue weighted by Gasteiger charge is 2.50. The first-order valence-electron chi connectivity index (χ1n) is 13.3. The maximum Gasteiger partial charge on any atom is 0.0812 e. The van der Waals surface area contributed by atoms with E-state index in [-0.39, 0.29) is 6.61 Å². The van der Waals surface area contributed by atoms with Gasteiger partial charge in [-0.15, -0.1) is 0 Å². The molecule has 0 amide bonds. The van der Waals surface area contributed by atoms with Crippen LogP contribution in [0.2, 0.25) is 0 Å². The standard InChI is InChI=1S/C29H48O4/c1-20(8-5-15-28(2,3)33)24-13-14-25-22(9-6-16-29(24,25)4)12-11-21-18-26(31)23(10-7-17-30)27(32)19-21/h10-12,20,24-27,30-33H,5-9,13-19H2,1-4H3/b21-11?,22-12+,23-10?/t20?,24?,25?,26-,27-,29-/m1/s1. The second-order valence-electron chi connectivity index (χ2n) is 12.0. The summed E-state index contributed by atoms with van der Waals surface area (Å²) in [6, 6.07) is 0. The number of aliphatic hydroxyl groups excluding tert-OH is 3. The van der Waals surface area contributed by atoms with Crippen LogP contribution in [0.25, 0.3) is 0 Å². The lowest BCUT2D eigenvalue weighted by atomic mass is 9.60. The van der Waals surface area contributed by atoms with E-state index in [9.17, 15) is 15.3 Å². The molecule has 3 fully saturated rings. The van der Waals surface area contributed by atoms with Gasteiger partial charge in [0.2, 0.25) is 0 Å². The molecule has 0 aromatic rings. The number of hydrogen-bond acceptors (Lipinski definition) is 4. The van der Waals surface area contributed by atoms with Crippen molar-refractivity contribution in [1.82, 2.24) is 0 Å². The van der Waals surface area contributed by atoms with Crippen molar-refractivity contribution in [3.8, 4) is 0 Å². The number of aliphatic hydroxyl groups is 4. The Kier molecular flexibility index (Phi) is 9.05. The number of hydrogen-bond donors (Lipinski definition) is 4. The lowest BCUT2D eigenvalue weighted by molar-refractivity contribution is 0.0596. The fraction of sp³-hybridized carbons (Fsp3) is 0.793. The van der Waals surface area contributed by atoms with Crippen molar-refractivity contribution in [2.75, 3.05) is 6.61 Å². The van der Waals surface area contributed by atoms with Crippen LogP contribution in [0.3, 0.4) is 0 Å². The van der Waals surface area contributed by atoms with E-state index in [0.29, 0.717) is 42.1 Å². The topological polar surface area (TPSA) is 80.9 Å².